The summed E-state index contributed by atoms with van der Waals surface area (Å²) in [6.07, 6.45) is 3.63. The predicted octanol–water partition coefficient (Wildman–Crippen LogP) is 2.34. The maximum atomic E-state index is 11.7. The topological polar surface area (TPSA) is 72.8 Å². The van der Waals surface area contributed by atoms with E-state index >= 15 is 0 Å². The van der Waals surface area contributed by atoms with Crippen LogP contribution in [0.25, 0.3) is 11.4 Å². The molecule has 2 heterocycles. The van der Waals surface area contributed by atoms with Crippen molar-refractivity contribution in [1.82, 2.24) is 19.7 Å². The van der Waals surface area contributed by atoms with Gasteiger partial charge in [0.2, 0.25) is 0 Å². The Labute approximate surface area is 111 Å². The van der Waals surface area contributed by atoms with Gasteiger partial charge in [-0.05, 0) is 27.7 Å². The lowest BCUT2D eigenvalue weighted by molar-refractivity contribution is 0.0519. The number of rotatable bonds is 4. The monoisotopic (exact) mass is 262 g/mol. The van der Waals surface area contributed by atoms with Gasteiger partial charge in [-0.25, -0.2) is 9.78 Å². The molecule has 0 aromatic carbocycles. The fourth-order valence-electron chi connectivity index (χ4n) is 1.74. The third-order valence-corrected chi connectivity index (χ3v) is 2.76. The largest absolute Gasteiger partial charge is 0.461 e. The number of carbonyl (C=O) groups excluding carboxylic acids is 1. The zero-order valence-electron chi connectivity index (χ0n) is 11.6. The number of hydrogen-bond donors (Lipinski definition) is 1. The van der Waals surface area contributed by atoms with Crippen molar-refractivity contribution in [2.24, 2.45) is 0 Å². The number of imidazole rings is 1. The second-order valence-electron chi connectivity index (χ2n) is 4.58. The van der Waals surface area contributed by atoms with Gasteiger partial charge < -0.3 is 9.72 Å². The molecule has 0 aliphatic carbocycles. The second-order valence-corrected chi connectivity index (χ2v) is 4.58. The summed E-state index contributed by atoms with van der Waals surface area (Å²) in [7, 11) is 0. The second kappa shape index (κ2) is 5.26. The Kier molecular flexibility index (Phi) is 3.69. The van der Waals surface area contributed by atoms with Crippen LogP contribution in [0.1, 0.15) is 43.0 Å². The van der Waals surface area contributed by atoms with E-state index in [1.54, 1.807) is 20.0 Å². The fraction of sp³-hybridized carbons (Fsp3) is 0.462. The molecule has 0 amide bonds. The molecule has 0 saturated heterocycles. The molecule has 2 aromatic heterocycles. The molecule has 0 atom stereocenters. The highest BCUT2D eigenvalue weighted by Gasteiger charge is 2.17. The first-order valence-corrected chi connectivity index (χ1v) is 6.31. The summed E-state index contributed by atoms with van der Waals surface area (Å²) in [4.78, 5) is 19.1. The number of aromatic nitrogens is 4. The third kappa shape index (κ3) is 2.67. The lowest BCUT2D eigenvalue weighted by atomic mass is 10.3. The van der Waals surface area contributed by atoms with Crippen LogP contribution < -0.4 is 0 Å². The lowest BCUT2D eigenvalue weighted by Crippen LogP contribution is -2.06. The molecule has 0 radical (unpaired) electrons. The van der Waals surface area contributed by atoms with E-state index in [9.17, 15) is 4.79 Å². The molecule has 2 aromatic rings. The first-order chi connectivity index (χ1) is 9.02. The minimum Gasteiger partial charge on any atom is -0.461 e. The van der Waals surface area contributed by atoms with Crippen LogP contribution in [0, 0.1) is 6.92 Å². The summed E-state index contributed by atoms with van der Waals surface area (Å²) in [6, 6.07) is 0.286. The average Bonchev–Trinajstić information content (AvgIpc) is 2.95. The number of hydrogen-bond acceptors (Lipinski definition) is 4. The first kappa shape index (κ1) is 13.3. The van der Waals surface area contributed by atoms with Crippen molar-refractivity contribution < 1.29 is 9.53 Å². The zero-order chi connectivity index (χ0) is 14.0. The highest BCUT2D eigenvalue weighted by atomic mass is 16.5. The van der Waals surface area contributed by atoms with Gasteiger partial charge in [0.15, 0.2) is 5.69 Å². The SMILES string of the molecule is CCOC(=O)c1nc(-c2cnn(C(C)C)c2)[nH]c1C. The average molecular weight is 262 g/mol. The number of carbonyl (C=O) groups is 1. The molecule has 102 valence electrons. The van der Waals surface area contributed by atoms with E-state index in [0.29, 0.717) is 23.8 Å². The predicted molar refractivity (Wildman–Crippen MR) is 70.9 cm³/mol. The van der Waals surface area contributed by atoms with Crippen molar-refractivity contribution in [3.05, 3.63) is 23.8 Å². The number of ether oxygens (including phenoxy) is 1. The van der Waals surface area contributed by atoms with Crippen LogP contribution >= 0.6 is 0 Å². The number of nitrogens with zero attached hydrogens (tertiary/aromatic N) is 3. The van der Waals surface area contributed by atoms with E-state index in [2.05, 4.69) is 15.1 Å². The normalized spacial score (nSPS) is 11.0. The van der Waals surface area contributed by atoms with Gasteiger partial charge in [0.25, 0.3) is 0 Å². The zero-order valence-corrected chi connectivity index (χ0v) is 11.6. The molecular weight excluding hydrogens is 244 g/mol. The first-order valence-electron chi connectivity index (χ1n) is 6.31. The molecule has 0 bridgehead atoms. The number of nitrogens with one attached hydrogen (secondary N) is 1. The summed E-state index contributed by atoms with van der Waals surface area (Å²) in [6.45, 7) is 8.01. The van der Waals surface area contributed by atoms with Gasteiger partial charge in [-0.1, -0.05) is 0 Å². The van der Waals surface area contributed by atoms with E-state index in [-0.39, 0.29) is 6.04 Å². The molecule has 19 heavy (non-hydrogen) atoms. The van der Waals surface area contributed by atoms with Crippen LogP contribution in [0.2, 0.25) is 0 Å². The van der Waals surface area contributed by atoms with Crippen LogP contribution in [0.15, 0.2) is 12.4 Å². The maximum absolute atomic E-state index is 11.7. The van der Waals surface area contributed by atoms with Gasteiger partial charge >= 0.3 is 5.97 Å². The van der Waals surface area contributed by atoms with Gasteiger partial charge in [0.1, 0.15) is 5.82 Å². The van der Waals surface area contributed by atoms with Crippen LogP contribution in [-0.2, 0) is 4.74 Å². The summed E-state index contributed by atoms with van der Waals surface area (Å²) in [5.41, 5.74) is 1.88. The third-order valence-electron chi connectivity index (χ3n) is 2.76. The van der Waals surface area contributed by atoms with Crippen molar-refractivity contribution in [3.8, 4) is 11.4 Å². The molecule has 2 rings (SSSR count). The number of aromatic amines is 1. The van der Waals surface area contributed by atoms with Gasteiger partial charge in [0.05, 0.1) is 18.4 Å². The van der Waals surface area contributed by atoms with Crippen molar-refractivity contribution in [2.45, 2.75) is 33.7 Å². The summed E-state index contributed by atoms with van der Waals surface area (Å²) in [5, 5.41) is 4.25. The van der Waals surface area contributed by atoms with E-state index in [1.165, 1.54) is 0 Å². The molecular formula is C13H18N4O2. The van der Waals surface area contributed by atoms with Gasteiger partial charge in [-0.2, -0.15) is 5.10 Å². The standard InChI is InChI=1S/C13H18N4O2/c1-5-19-13(18)11-9(4)15-12(16-11)10-6-14-17(7-10)8(2)3/h6-8H,5H2,1-4H3,(H,15,16). The highest BCUT2D eigenvalue weighted by Crippen LogP contribution is 2.19. The quantitative estimate of drug-likeness (QED) is 0.858. The maximum Gasteiger partial charge on any atom is 0.358 e. The molecule has 0 unspecified atom stereocenters. The van der Waals surface area contributed by atoms with Crippen molar-refractivity contribution >= 4 is 5.97 Å². The van der Waals surface area contributed by atoms with Crippen molar-refractivity contribution in [2.75, 3.05) is 6.61 Å². The molecule has 6 nitrogen and oxygen atoms in total. The molecule has 0 spiro atoms. The molecule has 6 heteroatoms. The minimum absolute atomic E-state index is 0.286. The fourth-order valence-corrected chi connectivity index (χ4v) is 1.74. The summed E-state index contributed by atoms with van der Waals surface area (Å²) >= 11 is 0. The molecule has 1 N–H and O–H groups in total. The van der Waals surface area contributed by atoms with E-state index < -0.39 is 5.97 Å². The van der Waals surface area contributed by atoms with Crippen LogP contribution in [-0.4, -0.2) is 32.3 Å². The lowest BCUT2D eigenvalue weighted by Gasteiger charge is -2.02. The van der Waals surface area contributed by atoms with E-state index in [1.807, 2.05) is 24.7 Å². The number of aryl methyl sites for hydroxylation is 1. The minimum atomic E-state index is -0.404. The van der Waals surface area contributed by atoms with Crippen LogP contribution in [0.5, 0.6) is 0 Å². The van der Waals surface area contributed by atoms with Gasteiger partial charge in [-0.15, -0.1) is 0 Å². The molecule has 0 aliphatic rings. The Morgan fingerprint density at radius 2 is 2.26 bits per heavy atom. The number of H-pyrrole nitrogens is 1. The summed E-state index contributed by atoms with van der Waals surface area (Å²) in [5.74, 6) is 0.228. The van der Waals surface area contributed by atoms with Crippen molar-refractivity contribution in [1.29, 1.82) is 0 Å². The van der Waals surface area contributed by atoms with E-state index in [0.717, 1.165) is 5.56 Å². The molecule has 0 aliphatic heterocycles. The Morgan fingerprint density at radius 1 is 1.53 bits per heavy atom. The Bertz CT molecular complexity index is 583. The smallest absolute Gasteiger partial charge is 0.358 e. The highest BCUT2D eigenvalue weighted by molar-refractivity contribution is 5.89. The van der Waals surface area contributed by atoms with Gasteiger partial charge in [0, 0.05) is 17.9 Å². The Hall–Kier alpha value is -2.11. The van der Waals surface area contributed by atoms with Crippen LogP contribution in [0.3, 0.4) is 0 Å². The van der Waals surface area contributed by atoms with Crippen molar-refractivity contribution in [3.63, 3.8) is 0 Å². The molecule has 0 saturated carbocycles. The Morgan fingerprint density at radius 3 is 2.84 bits per heavy atom. The molecule has 0 fully saturated rings. The number of esters is 1. The van der Waals surface area contributed by atoms with E-state index in [4.69, 9.17) is 4.74 Å². The Balaban J connectivity index is 2.30. The summed E-state index contributed by atoms with van der Waals surface area (Å²) < 4.78 is 6.80. The van der Waals surface area contributed by atoms with Gasteiger partial charge in [-0.3, -0.25) is 4.68 Å². The van der Waals surface area contributed by atoms with Crippen LogP contribution in [0.4, 0.5) is 0 Å².